The minimum absolute atomic E-state index is 0.0633. The summed E-state index contributed by atoms with van der Waals surface area (Å²) in [6, 6.07) is 0. The van der Waals surface area contributed by atoms with Crippen LogP contribution in [0, 0.1) is 5.41 Å². The summed E-state index contributed by atoms with van der Waals surface area (Å²) in [5, 5.41) is 9.51. The van der Waals surface area contributed by atoms with Crippen LogP contribution in [0.25, 0.3) is 0 Å². The summed E-state index contributed by atoms with van der Waals surface area (Å²) in [6.07, 6.45) is -0.380. The van der Waals surface area contributed by atoms with Crippen LogP contribution in [0.3, 0.4) is 0 Å². The monoisotopic (exact) mass is 299 g/mol. The van der Waals surface area contributed by atoms with Gasteiger partial charge in [-0.3, -0.25) is 9.59 Å². The number of amides is 1. The number of rotatable bonds is 2. The molecule has 0 aromatic rings. The number of carboxylic acids is 1. The zero-order valence-electron chi connectivity index (χ0n) is 12.8. The van der Waals surface area contributed by atoms with Crippen molar-refractivity contribution in [1.29, 1.82) is 0 Å². The maximum absolute atomic E-state index is 12.0. The van der Waals surface area contributed by atoms with E-state index in [9.17, 15) is 19.5 Å². The lowest BCUT2D eigenvalue weighted by Crippen LogP contribution is -2.72. The molecule has 7 nitrogen and oxygen atoms in total. The number of ketones is 1. The van der Waals surface area contributed by atoms with Gasteiger partial charge < -0.3 is 19.5 Å². The molecule has 0 aromatic heterocycles. The molecule has 2 rings (SSSR count). The predicted molar refractivity (Wildman–Crippen MR) is 71.9 cm³/mol. The van der Waals surface area contributed by atoms with Crippen LogP contribution in [-0.2, 0) is 19.1 Å². The van der Waals surface area contributed by atoms with E-state index < -0.39 is 34.5 Å². The fourth-order valence-corrected chi connectivity index (χ4v) is 3.08. The quantitative estimate of drug-likeness (QED) is 0.766. The van der Waals surface area contributed by atoms with Crippen molar-refractivity contribution in [3.8, 4) is 0 Å². The van der Waals surface area contributed by atoms with E-state index in [1.165, 1.54) is 4.90 Å². The smallest absolute Gasteiger partial charge is 0.410 e. The number of likely N-dealkylation sites (tertiary alicyclic amines) is 1. The van der Waals surface area contributed by atoms with Gasteiger partial charge in [0.05, 0.1) is 13.1 Å². The van der Waals surface area contributed by atoms with Gasteiger partial charge in [0.1, 0.15) is 17.8 Å². The number of aliphatic carboxylic acids is 1. The number of ether oxygens (including phenoxy) is 2. The Morgan fingerprint density at radius 1 is 1.38 bits per heavy atom. The Hall–Kier alpha value is -1.63. The highest BCUT2D eigenvalue weighted by Crippen LogP contribution is 2.49. The summed E-state index contributed by atoms with van der Waals surface area (Å²) in [5.74, 6) is -1.61. The number of hydrogen-bond acceptors (Lipinski definition) is 5. The van der Waals surface area contributed by atoms with Gasteiger partial charge >= 0.3 is 12.1 Å². The Balaban J connectivity index is 2.15. The lowest BCUT2D eigenvalue weighted by atomic mass is 9.65. The van der Waals surface area contributed by atoms with Crippen molar-refractivity contribution in [2.24, 2.45) is 5.41 Å². The van der Waals surface area contributed by atoms with Crippen molar-refractivity contribution in [2.75, 3.05) is 19.7 Å². The van der Waals surface area contributed by atoms with Gasteiger partial charge in [-0.1, -0.05) is 6.92 Å². The largest absolute Gasteiger partial charge is 0.480 e. The van der Waals surface area contributed by atoms with Crippen LogP contribution in [0.5, 0.6) is 0 Å². The number of nitrogens with zero attached hydrogens (tertiary/aromatic N) is 1. The minimum Gasteiger partial charge on any atom is -0.480 e. The summed E-state index contributed by atoms with van der Waals surface area (Å²) < 4.78 is 10.7. The zero-order valence-corrected chi connectivity index (χ0v) is 12.8. The Morgan fingerprint density at radius 3 is 2.38 bits per heavy atom. The molecule has 0 aliphatic carbocycles. The van der Waals surface area contributed by atoms with Gasteiger partial charge in [-0.25, -0.2) is 4.79 Å². The highest BCUT2D eigenvalue weighted by molar-refractivity contribution is 6.07. The predicted octanol–water partition coefficient (Wildman–Crippen LogP) is 1.06. The van der Waals surface area contributed by atoms with Gasteiger partial charge in [0.2, 0.25) is 0 Å². The van der Waals surface area contributed by atoms with E-state index in [4.69, 9.17) is 9.47 Å². The lowest BCUT2D eigenvalue weighted by molar-refractivity contribution is -0.186. The van der Waals surface area contributed by atoms with Gasteiger partial charge in [-0.2, -0.15) is 0 Å². The third-order valence-electron chi connectivity index (χ3n) is 4.17. The molecule has 1 amide bonds. The molecule has 2 heterocycles. The van der Waals surface area contributed by atoms with E-state index in [-0.39, 0.29) is 26.1 Å². The van der Waals surface area contributed by atoms with Crippen molar-refractivity contribution < 1.29 is 29.0 Å². The van der Waals surface area contributed by atoms with Crippen molar-refractivity contribution in [1.82, 2.24) is 4.90 Å². The van der Waals surface area contributed by atoms with Gasteiger partial charge in [0, 0.05) is 0 Å². The van der Waals surface area contributed by atoms with Crippen LogP contribution in [0.4, 0.5) is 4.79 Å². The van der Waals surface area contributed by atoms with E-state index in [1.807, 2.05) is 0 Å². The second-order valence-corrected chi connectivity index (χ2v) is 6.61. The molecule has 2 aliphatic rings. The van der Waals surface area contributed by atoms with Crippen LogP contribution in [-0.4, -0.2) is 58.8 Å². The third-order valence-corrected chi connectivity index (χ3v) is 4.17. The number of carboxylic acid groups (broad SMARTS) is 1. The van der Waals surface area contributed by atoms with Crippen molar-refractivity contribution in [3.63, 3.8) is 0 Å². The summed E-state index contributed by atoms with van der Waals surface area (Å²) in [6.45, 7) is 6.82. The van der Waals surface area contributed by atoms with E-state index in [0.717, 1.165) is 0 Å². The average molecular weight is 299 g/mol. The molecule has 1 unspecified atom stereocenters. The summed E-state index contributed by atoms with van der Waals surface area (Å²) in [7, 11) is 0. The van der Waals surface area contributed by atoms with Crippen molar-refractivity contribution in [2.45, 2.75) is 45.3 Å². The molecule has 0 radical (unpaired) electrons. The Morgan fingerprint density at radius 2 is 1.95 bits per heavy atom. The van der Waals surface area contributed by atoms with Gasteiger partial charge in [-0.15, -0.1) is 0 Å². The molecule has 2 fully saturated rings. The molecule has 118 valence electrons. The molecule has 2 aliphatic heterocycles. The fourth-order valence-electron chi connectivity index (χ4n) is 3.08. The molecular weight excluding hydrogens is 278 g/mol. The van der Waals surface area contributed by atoms with E-state index in [1.54, 1.807) is 27.7 Å². The van der Waals surface area contributed by atoms with Crippen LogP contribution < -0.4 is 0 Å². The SMILES string of the molecule is CCC1(C(=O)O)C(=O)COC12CN(C(=O)OC(C)(C)C)C2. The summed E-state index contributed by atoms with van der Waals surface area (Å²) in [5.41, 5.74) is -3.31. The van der Waals surface area contributed by atoms with E-state index in [2.05, 4.69) is 0 Å². The third kappa shape index (κ3) is 2.19. The first-order valence-corrected chi connectivity index (χ1v) is 6.96. The summed E-state index contributed by atoms with van der Waals surface area (Å²) in [4.78, 5) is 37.0. The van der Waals surface area contributed by atoms with Gasteiger partial charge in [0.15, 0.2) is 11.2 Å². The molecular formula is C14H21NO6. The van der Waals surface area contributed by atoms with Crippen molar-refractivity contribution in [3.05, 3.63) is 0 Å². The van der Waals surface area contributed by atoms with Crippen LogP contribution in [0.15, 0.2) is 0 Å². The zero-order chi connectivity index (χ0) is 16.1. The molecule has 1 atom stereocenters. The number of carbonyl (C=O) groups excluding carboxylic acids is 2. The standard InChI is InChI=1S/C14H21NO6/c1-5-14(10(17)18)9(16)6-20-13(14)7-15(8-13)11(19)21-12(2,3)4/h5-8H2,1-4H3,(H,17,18). The molecule has 0 saturated carbocycles. The maximum Gasteiger partial charge on any atom is 0.410 e. The molecule has 0 aromatic carbocycles. The molecule has 1 N–H and O–H groups in total. The van der Waals surface area contributed by atoms with E-state index in [0.29, 0.717) is 0 Å². The van der Waals surface area contributed by atoms with Crippen molar-refractivity contribution >= 4 is 17.8 Å². The second-order valence-electron chi connectivity index (χ2n) is 6.61. The highest BCUT2D eigenvalue weighted by atomic mass is 16.6. The molecule has 21 heavy (non-hydrogen) atoms. The molecule has 2 saturated heterocycles. The molecule has 0 bridgehead atoms. The van der Waals surface area contributed by atoms with E-state index >= 15 is 0 Å². The Kier molecular flexibility index (Phi) is 3.52. The fraction of sp³-hybridized carbons (Fsp3) is 0.786. The van der Waals surface area contributed by atoms with Crippen LogP contribution in [0.2, 0.25) is 0 Å². The Labute approximate surface area is 123 Å². The molecule has 7 heteroatoms. The minimum atomic E-state index is -1.56. The first kappa shape index (κ1) is 15.8. The maximum atomic E-state index is 12.0. The lowest BCUT2D eigenvalue weighted by Gasteiger charge is -2.52. The number of Topliss-reactive ketones (excluding diaryl/α,β-unsaturated/α-hetero) is 1. The normalized spacial score (nSPS) is 27.6. The Bertz CT molecular complexity index is 488. The number of carbonyl (C=O) groups is 3. The number of hydrogen-bond donors (Lipinski definition) is 1. The summed E-state index contributed by atoms with van der Waals surface area (Å²) >= 11 is 0. The van der Waals surface area contributed by atoms with Gasteiger partial charge in [0.25, 0.3) is 0 Å². The first-order valence-electron chi connectivity index (χ1n) is 6.96. The second kappa shape index (κ2) is 4.69. The van der Waals surface area contributed by atoms with Crippen LogP contribution in [0.1, 0.15) is 34.1 Å². The average Bonchev–Trinajstić information content (AvgIpc) is 2.58. The first-order chi connectivity index (χ1) is 9.58. The van der Waals surface area contributed by atoms with Gasteiger partial charge in [-0.05, 0) is 27.2 Å². The highest BCUT2D eigenvalue weighted by Gasteiger charge is 2.71. The topological polar surface area (TPSA) is 93.1 Å². The van der Waals surface area contributed by atoms with Crippen LogP contribution >= 0.6 is 0 Å². The molecule has 1 spiro atoms.